The maximum Gasteiger partial charge on any atom is 0.410 e. The SMILES string of the molecule is CC(C)(C)OC(=O)N1CCc2nc(C#Cc3ccc(F)cc3)sc2C1. The summed E-state index contributed by atoms with van der Waals surface area (Å²) in [5, 5.41) is 0.709. The van der Waals surface area contributed by atoms with Crippen LogP contribution in [0.3, 0.4) is 0 Å². The summed E-state index contributed by atoms with van der Waals surface area (Å²) in [6.07, 6.45) is 0.397. The number of carbonyl (C=O) groups is 1. The first-order valence-electron chi connectivity index (χ1n) is 8.04. The van der Waals surface area contributed by atoms with E-state index in [2.05, 4.69) is 16.8 Å². The fraction of sp³-hybridized carbons (Fsp3) is 0.368. The first kappa shape index (κ1) is 17.4. The lowest BCUT2D eigenvalue weighted by molar-refractivity contribution is 0.0225. The molecule has 1 aliphatic heterocycles. The van der Waals surface area contributed by atoms with E-state index in [1.54, 1.807) is 17.0 Å². The highest BCUT2D eigenvalue weighted by atomic mass is 32.1. The number of halogens is 1. The van der Waals surface area contributed by atoms with Crippen LogP contribution in [0.2, 0.25) is 0 Å². The Labute approximate surface area is 150 Å². The maximum atomic E-state index is 12.9. The second kappa shape index (κ2) is 6.85. The normalized spacial score (nSPS) is 13.7. The summed E-state index contributed by atoms with van der Waals surface area (Å²) in [4.78, 5) is 19.5. The van der Waals surface area contributed by atoms with Gasteiger partial charge < -0.3 is 9.64 Å². The quantitative estimate of drug-likeness (QED) is 0.669. The molecule has 0 N–H and O–H groups in total. The first-order valence-corrected chi connectivity index (χ1v) is 8.86. The van der Waals surface area contributed by atoms with Gasteiger partial charge in [0, 0.05) is 23.4 Å². The smallest absolute Gasteiger partial charge is 0.410 e. The maximum absolute atomic E-state index is 12.9. The lowest BCUT2D eigenvalue weighted by atomic mass is 10.2. The van der Waals surface area contributed by atoms with Crippen LogP contribution in [-0.4, -0.2) is 28.1 Å². The molecule has 6 heteroatoms. The molecule has 0 saturated carbocycles. The van der Waals surface area contributed by atoms with Gasteiger partial charge in [-0.25, -0.2) is 14.2 Å². The highest BCUT2D eigenvalue weighted by molar-refractivity contribution is 7.12. The molecule has 0 spiro atoms. The molecule has 0 radical (unpaired) electrons. The average Bonchev–Trinajstić information content (AvgIpc) is 2.94. The van der Waals surface area contributed by atoms with Crippen LogP contribution in [0.25, 0.3) is 0 Å². The lowest BCUT2D eigenvalue weighted by Crippen LogP contribution is -2.39. The van der Waals surface area contributed by atoms with Crippen LogP contribution in [0.1, 0.15) is 41.9 Å². The second-order valence-electron chi connectivity index (χ2n) is 6.80. The largest absolute Gasteiger partial charge is 0.444 e. The van der Waals surface area contributed by atoms with Crippen LogP contribution in [0, 0.1) is 17.7 Å². The molecule has 0 fully saturated rings. The van der Waals surface area contributed by atoms with E-state index in [0.29, 0.717) is 24.5 Å². The molecule has 3 rings (SSSR count). The van der Waals surface area contributed by atoms with Gasteiger partial charge in [0.05, 0.1) is 12.2 Å². The van der Waals surface area contributed by atoms with E-state index in [9.17, 15) is 9.18 Å². The second-order valence-corrected chi connectivity index (χ2v) is 7.88. The number of nitrogens with zero attached hydrogens (tertiary/aromatic N) is 2. The van der Waals surface area contributed by atoms with Crippen molar-refractivity contribution in [1.82, 2.24) is 9.88 Å². The number of hydrogen-bond donors (Lipinski definition) is 0. The van der Waals surface area contributed by atoms with Gasteiger partial charge in [0.1, 0.15) is 11.4 Å². The van der Waals surface area contributed by atoms with Gasteiger partial charge in [-0.15, -0.1) is 11.3 Å². The molecular weight excluding hydrogens is 339 g/mol. The molecule has 2 aromatic rings. The van der Waals surface area contributed by atoms with E-state index in [-0.39, 0.29) is 11.9 Å². The van der Waals surface area contributed by atoms with E-state index in [0.717, 1.165) is 16.1 Å². The van der Waals surface area contributed by atoms with Gasteiger partial charge in [-0.05, 0) is 51.0 Å². The minimum absolute atomic E-state index is 0.280. The average molecular weight is 358 g/mol. The number of carbonyl (C=O) groups excluding carboxylic acids is 1. The molecule has 0 unspecified atom stereocenters. The lowest BCUT2D eigenvalue weighted by Gasteiger charge is -2.29. The van der Waals surface area contributed by atoms with E-state index in [1.165, 1.54) is 23.5 Å². The molecule has 25 heavy (non-hydrogen) atoms. The van der Waals surface area contributed by atoms with Crippen molar-refractivity contribution < 1.29 is 13.9 Å². The number of benzene rings is 1. The fourth-order valence-electron chi connectivity index (χ4n) is 2.39. The minimum Gasteiger partial charge on any atom is -0.444 e. The van der Waals surface area contributed by atoms with Gasteiger partial charge in [0.2, 0.25) is 0 Å². The van der Waals surface area contributed by atoms with Crippen LogP contribution in [0.15, 0.2) is 24.3 Å². The molecule has 0 aliphatic carbocycles. The number of aromatic nitrogens is 1. The highest BCUT2D eigenvalue weighted by Crippen LogP contribution is 2.26. The number of amides is 1. The van der Waals surface area contributed by atoms with Crippen LogP contribution in [0.5, 0.6) is 0 Å². The van der Waals surface area contributed by atoms with Crippen molar-refractivity contribution in [2.75, 3.05) is 6.54 Å². The Morgan fingerprint density at radius 2 is 2.00 bits per heavy atom. The van der Waals surface area contributed by atoms with E-state index in [4.69, 9.17) is 4.74 Å². The van der Waals surface area contributed by atoms with Crippen molar-refractivity contribution in [3.05, 3.63) is 51.2 Å². The topological polar surface area (TPSA) is 42.4 Å². The Hall–Kier alpha value is -2.39. The number of hydrogen-bond acceptors (Lipinski definition) is 4. The third-order valence-electron chi connectivity index (χ3n) is 3.54. The zero-order chi connectivity index (χ0) is 18.0. The van der Waals surface area contributed by atoms with Gasteiger partial charge in [-0.1, -0.05) is 5.92 Å². The van der Waals surface area contributed by atoms with E-state index in [1.807, 2.05) is 20.8 Å². The number of fused-ring (bicyclic) bond motifs is 1. The van der Waals surface area contributed by atoms with Gasteiger partial charge >= 0.3 is 6.09 Å². The van der Waals surface area contributed by atoms with E-state index < -0.39 is 5.60 Å². The Balaban J connectivity index is 1.71. The molecule has 0 atom stereocenters. The summed E-state index contributed by atoms with van der Waals surface area (Å²) in [6.45, 7) is 6.67. The van der Waals surface area contributed by atoms with Crippen molar-refractivity contribution in [3.8, 4) is 11.8 Å². The van der Waals surface area contributed by atoms with Crippen LogP contribution in [-0.2, 0) is 17.7 Å². The summed E-state index contributed by atoms with van der Waals surface area (Å²) >= 11 is 1.49. The van der Waals surface area contributed by atoms with Crippen LogP contribution < -0.4 is 0 Å². The number of ether oxygens (including phenoxy) is 1. The van der Waals surface area contributed by atoms with Crippen molar-refractivity contribution in [3.63, 3.8) is 0 Å². The van der Waals surface area contributed by atoms with Crippen molar-refractivity contribution >= 4 is 17.4 Å². The predicted molar refractivity (Wildman–Crippen MR) is 94.8 cm³/mol. The Kier molecular flexibility index (Phi) is 4.78. The zero-order valence-electron chi connectivity index (χ0n) is 14.4. The minimum atomic E-state index is -0.503. The molecule has 1 aromatic heterocycles. The molecule has 1 amide bonds. The molecule has 2 heterocycles. The molecule has 4 nitrogen and oxygen atoms in total. The summed E-state index contributed by atoms with van der Waals surface area (Å²) in [5.41, 5.74) is 1.23. The molecule has 0 saturated heterocycles. The van der Waals surface area contributed by atoms with Crippen molar-refractivity contribution in [1.29, 1.82) is 0 Å². The van der Waals surface area contributed by atoms with E-state index >= 15 is 0 Å². The highest BCUT2D eigenvalue weighted by Gasteiger charge is 2.27. The molecule has 130 valence electrons. The van der Waals surface area contributed by atoms with Crippen molar-refractivity contribution in [2.24, 2.45) is 0 Å². The zero-order valence-corrected chi connectivity index (χ0v) is 15.2. The van der Waals surface area contributed by atoms with Crippen LogP contribution >= 0.6 is 11.3 Å². The Morgan fingerprint density at radius 1 is 1.28 bits per heavy atom. The molecule has 0 bridgehead atoms. The number of rotatable bonds is 0. The van der Waals surface area contributed by atoms with Gasteiger partial charge in [-0.2, -0.15) is 0 Å². The molecule has 1 aromatic carbocycles. The predicted octanol–water partition coefficient (Wildman–Crippen LogP) is 3.98. The monoisotopic (exact) mass is 358 g/mol. The Morgan fingerprint density at radius 3 is 2.68 bits per heavy atom. The standard InChI is InChI=1S/C19H19FN2O2S/c1-19(2,3)24-18(23)22-11-10-15-16(12-22)25-17(21-15)9-6-13-4-7-14(20)8-5-13/h4-5,7-8H,10-12H2,1-3H3. The van der Waals surface area contributed by atoms with Crippen LogP contribution in [0.4, 0.5) is 9.18 Å². The van der Waals surface area contributed by atoms with Crippen molar-refractivity contribution in [2.45, 2.75) is 39.3 Å². The summed E-state index contributed by atoms with van der Waals surface area (Å²) < 4.78 is 18.3. The summed E-state index contributed by atoms with van der Waals surface area (Å²) in [5.74, 6) is 5.73. The summed E-state index contributed by atoms with van der Waals surface area (Å²) in [6, 6.07) is 6.05. The third-order valence-corrected chi connectivity index (χ3v) is 4.54. The fourth-order valence-corrected chi connectivity index (χ4v) is 3.37. The molecule has 1 aliphatic rings. The van der Waals surface area contributed by atoms with Gasteiger partial charge in [-0.3, -0.25) is 0 Å². The first-order chi connectivity index (χ1) is 11.8. The third kappa shape index (κ3) is 4.58. The molecular formula is C19H19FN2O2S. The van der Waals surface area contributed by atoms with Gasteiger partial charge in [0.15, 0.2) is 5.01 Å². The Bertz CT molecular complexity index is 841. The number of thiazole rings is 1. The summed E-state index contributed by atoms with van der Waals surface area (Å²) in [7, 11) is 0. The van der Waals surface area contributed by atoms with Gasteiger partial charge in [0.25, 0.3) is 0 Å².